The van der Waals surface area contributed by atoms with E-state index in [0.29, 0.717) is 6.54 Å². The van der Waals surface area contributed by atoms with Crippen LogP contribution in [0.15, 0.2) is 78.9 Å². The molecular formula is C26H30N2O. The smallest absolute Gasteiger partial charge is 0.176 e. The van der Waals surface area contributed by atoms with E-state index in [1.165, 1.54) is 22.4 Å². The molecule has 0 atom stereocenters. The normalized spacial score (nSPS) is 10.9. The maximum atomic E-state index is 12.7. The molecule has 0 amide bonds. The van der Waals surface area contributed by atoms with Gasteiger partial charge in [0.25, 0.3) is 0 Å². The van der Waals surface area contributed by atoms with Crippen molar-refractivity contribution in [3.8, 4) is 0 Å². The molecule has 3 heteroatoms. The molecule has 0 aromatic heterocycles. The Morgan fingerprint density at radius 3 is 2.10 bits per heavy atom. The van der Waals surface area contributed by atoms with E-state index in [1.807, 2.05) is 36.4 Å². The highest BCUT2D eigenvalue weighted by molar-refractivity contribution is 5.97. The van der Waals surface area contributed by atoms with Gasteiger partial charge in [-0.15, -0.1) is 0 Å². The predicted octanol–water partition coefficient (Wildman–Crippen LogP) is 5.49. The van der Waals surface area contributed by atoms with Gasteiger partial charge >= 0.3 is 0 Å². The minimum absolute atomic E-state index is 0.171. The second kappa shape index (κ2) is 10.6. The number of nitrogens with one attached hydrogen (secondary N) is 1. The van der Waals surface area contributed by atoms with Crippen molar-refractivity contribution in [2.24, 2.45) is 0 Å². The highest BCUT2D eigenvalue weighted by Crippen LogP contribution is 2.19. The third kappa shape index (κ3) is 6.30. The van der Waals surface area contributed by atoms with Crippen LogP contribution in [-0.4, -0.2) is 30.3 Å². The summed E-state index contributed by atoms with van der Waals surface area (Å²) in [5.74, 6) is 0.171. The third-order valence-corrected chi connectivity index (χ3v) is 5.15. The molecule has 3 nitrogen and oxygen atoms in total. The van der Waals surface area contributed by atoms with Gasteiger partial charge in [-0.05, 0) is 37.0 Å². The van der Waals surface area contributed by atoms with Crippen LogP contribution in [0.2, 0.25) is 0 Å². The molecule has 0 aliphatic heterocycles. The second-order valence-electron chi connectivity index (χ2n) is 7.53. The van der Waals surface area contributed by atoms with Gasteiger partial charge in [-0.3, -0.25) is 9.69 Å². The molecule has 0 bridgehead atoms. The summed E-state index contributed by atoms with van der Waals surface area (Å²) in [6.45, 7) is 7.23. The van der Waals surface area contributed by atoms with Crippen molar-refractivity contribution in [3.63, 3.8) is 0 Å². The number of benzene rings is 3. The molecule has 0 radical (unpaired) electrons. The number of para-hydroxylation sites is 1. The van der Waals surface area contributed by atoms with Crippen LogP contribution in [0.1, 0.15) is 33.5 Å². The van der Waals surface area contributed by atoms with Crippen molar-refractivity contribution in [1.82, 2.24) is 4.90 Å². The van der Waals surface area contributed by atoms with Crippen molar-refractivity contribution in [3.05, 3.63) is 101 Å². The van der Waals surface area contributed by atoms with Gasteiger partial charge in [0.15, 0.2) is 5.78 Å². The van der Waals surface area contributed by atoms with Gasteiger partial charge in [0.1, 0.15) is 0 Å². The Bertz CT molecular complexity index is 886. The summed E-state index contributed by atoms with van der Waals surface area (Å²) in [6, 6.07) is 26.3. The van der Waals surface area contributed by atoms with E-state index in [4.69, 9.17) is 0 Å². The number of hydrogen-bond acceptors (Lipinski definition) is 3. The summed E-state index contributed by atoms with van der Waals surface area (Å²) in [4.78, 5) is 15.0. The Balaban J connectivity index is 1.59. The van der Waals surface area contributed by atoms with Crippen LogP contribution in [-0.2, 0) is 6.54 Å². The Morgan fingerprint density at radius 2 is 1.45 bits per heavy atom. The van der Waals surface area contributed by atoms with Crippen molar-refractivity contribution in [2.75, 3.05) is 25.0 Å². The van der Waals surface area contributed by atoms with E-state index in [9.17, 15) is 4.79 Å². The Hall–Kier alpha value is -2.91. The van der Waals surface area contributed by atoms with Gasteiger partial charge in [0, 0.05) is 30.9 Å². The van der Waals surface area contributed by atoms with Crippen molar-refractivity contribution < 1.29 is 4.79 Å². The van der Waals surface area contributed by atoms with E-state index in [-0.39, 0.29) is 5.78 Å². The molecule has 29 heavy (non-hydrogen) atoms. The van der Waals surface area contributed by atoms with Gasteiger partial charge in [0.2, 0.25) is 0 Å². The lowest BCUT2D eigenvalue weighted by molar-refractivity contribution is 0.0925. The first-order valence-corrected chi connectivity index (χ1v) is 10.3. The molecule has 3 aromatic rings. The number of carbonyl (C=O) groups excluding carboxylic acids is 1. The average molecular weight is 387 g/mol. The molecular weight excluding hydrogens is 356 g/mol. The molecule has 3 aromatic carbocycles. The van der Waals surface area contributed by atoms with Crippen molar-refractivity contribution in [1.29, 1.82) is 0 Å². The monoisotopic (exact) mass is 386 g/mol. The molecule has 0 aliphatic carbocycles. The molecule has 0 spiro atoms. The number of rotatable bonds is 10. The van der Waals surface area contributed by atoms with Gasteiger partial charge in [-0.1, -0.05) is 78.9 Å². The minimum atomic E-state index is 0.171. The van der Waals surface area contributed by atoms with Gasteiger partial charge in [-0.25, -0.2) is 0 Å². The summed E-state index contributed by atoms with van der Waals surface area (Å²) < 4.78 is 0. The van der Waals surface area contributed by atoms with Gasteiger partial charge in [0.05, 0.1) is 6.54 Å². The lowest BCUT2D eigenvalue weighted by Crippen LogP contribution is -2.31. The zero-order valence-corrected chi connectivity index (χ0v) is 17.4. The van der Waals surface area contributed by atoms with Crippen LogP contribution < -0.4 is 5.32 Å². The molecule has 0 heterocycles. The summed E-state index contributed by atoms with van der Waals surface area (Å²) in [7, 11) is 0. The van der Waals surface area contributed by atoms with Crippen LogP contribution in [0.25, 0.3) is 0 Å². The molecule has 0 saturated heterocycles. The molecule has 150 valence electrons. The molecule has 0 saturated carbocycles. The average Bonchev–Trinajstić information content (AvgIpc) is 2.74. The molecule has 1 N–H and O–H groups in total. The highest BCUT2D eigenvalue weighted by atomic mass is 16.1. The molecule has 0 fully saturated rings. The van der Waals surface area contributed by atoms with Crippen molar-refractivity contribution >= 4 is 11.5 Å². The standard InChI is InChI=1S/C26H30N2O/c1-21-11-9-12-22(2)26(21)27-17-10-18-28(19-23-13-5-3-6-14-23)20-25(29)24-15-7-4-8-16-24/h3-9,11-16,27H,10,17-20H2,1-2H3. The van der Waals surface area contributed by atoms with E-state index >= 15 is 0 Å². The molecule has 0 unspecified atom stereocenters. The summed E-state index contributed by atoms with van der Waals surface area (Å²) in [5, 5.41) is 3.57. The number of carbonyl (C=O) groups is 1. The number of hydrogen-bond donors (Lipinski definition) is 1. The van der Waals surface area contributed by atoms with Crippen LogP contribution in [0.5, 0.6) is 0 Å². The molecule has 3 rings (SSSR count). The number of ketones is 1. The first-order valence-electron chi connectivity index (χ1n) is 10.3. The quantitative estimate of drug-likeness (QED) is 0.369. The first-order chi connectivity index (χ1) is 14.1. The van der Waals surface area contributed by atoms with Crippen LogP contribution in [0.4, 0.5) is 5.69 Å². The van der Waals surface area contributed by atoms with Crippen LogP contribution >= 0.6 is 0 Å². The second-order valence-corrected chi connectivity index (χ2v) is 7.53. The zero-order valence-electron chi connectivity index (χ0n) is 17.4. The van der Waals surface area contributed by atoms with Gasteiger partial charge in [-0.2, -0.15) is 0 Å². The fraction of sp³-hybridized carbons (Fsp3) is 0.269. The fourth-order valence-electron chi connectivity index (χ4n) is 3.58. The van der Waals surface area contributed by atoms with Crippen LogP contribution in [0.3, 0.4) is 0 Å². The Morgan fingerprint density at radius 1 is 0.828 bits per heavy atom. The lowest BCUT2D eigenvalue weighted by Gasteiger charge is -2.22. The van der Waals surface area contributed by atoms with Crippen LogP contribution in [0, 0.1) is 13.8 Å². The highest BCUT2D eigenvalue weighted by Gasteiger charge is 2.13. The van der Waals surface area contributed by atoms with E-state index < -0.39 is 0 Å². The fourth-order valence-corrected chi connectivity index (χ4v) is 3.58. The largest absolute Gasteiger partial charge is 0.385 e. The summed E-state index contributed by atoms with van der Waals surface area (Å²) >= 11 is 0. The number of nitrogens with zero attached hydrogens (tertiary/aromatic N) is 1. The topological polar surface area (TPSA) is 32.3 Å². The number of aryl methyl sites for hydroxylation is 2. The Kier molecular flexibility index (Phi) is 7.60. The zero-order chi connectivity index (χ0) is 20.5. The van der Waals surface area contributed by atoms with E-state index in [0.717, 1.165) is 31.6 Å². The van der Waals surface area contributed by atoms with Gasteiger partial charge < -0.3 is 5.32 Å². The van der Waals surface area contributed by atoms with Crippen molar-refractivity contribution in [2.45, 2.75) is 26.8 Å². The lowest BCUT2D eigenvalue weighted by atomic mass is 10.1. The maximum Gasteiger partial charge on any atom is 0.176 e. The third-order valence-electron chi connectivity index (χ3n) is 5.15. The summed E-state index contributed by atoms with van der Waals surface area (Å²) in [6.07, 6.45) is 0.975. The number of Topliss-reactive ketones (excluding diaryl/α,β-unsaturated/α-hetero) is 1. The molecule has 0 aliphatic rings. The SMILES string of the molecule is Cc1cccc(C)c1NCCCN(CC(=O)c1ccccc1)Cc1ccccc1. The first kappa shape index (κ1) is 20.8. The summed E-state index contributed by atoms with van der Waals surface area (Å²) in [5.41, 5.74) is 5.77. The predicted molar refractivity (Wildman–Crippen MR) is 122 cm³/mol. The minimum Gasteiger partial charge on any atom is -0.385 e. The maximum absolute atomic E-state index is 12.7. The van der Waals surface area contributed by atoms with E-state index in [1.54, 1.807) is 0 Å². The number of anilines is 1. The Labute approximate surface area is 174 Å². The van der Waals surface area contributed by atoms with E-state index in [2.05, 4.69) is 66.5 Å².